The molecule has 1 aromatic heterocycles. The highest BCUT2D eigenvalue weighted by atomic mass is 35.5. The molecule has 0 radical (unpaired) electrons. The molecule has 1 aliphatic heterocycles. The van der Waals surface area contributed by atoms with E-state index in [2.05, 4.69) is 22.1 Å². The molecule has 17 heavy (non-hydrogen) atoms. The Morgan fingerprint density at radius 3 is 2.94 bits per heavy atom. The van der Waals surface area contributed by atoms with E-state index in [1.807, 2.05) is 12.1 Å². The van der Waals surface area contributed by atoms with Gasteiger partial charge in [-0.15, -0.1) is 16.7 Å². The van der Waals surface area contributed by atoms with Crippen LogP contribution >= 0.6 is 11.6 Å². The summed E-state index contributed by atoms with van der Waals surface area (Å²) in [5.74, 6) is 0.969. The van der Waals surface area contributed by atoms with Crippen molar-refractivity contribution in [3.05, 3.63) is 17.8 Å². The molecule has 1 aliphatic rings. The fourth-order valence-corrected chi connectivity index (χ4v) is 2.17. The Hall–Kier alpha value is -0.870. The summed E-state index contributed by atoms with van der Waals surface area (Å²) in [6.45, 7) is 1.84. The maximum absolute atomic E-state index is 5.66. The van der Waals surface area contributed by atoms with Crippen LogP contribution in [0, 0.1) is 0 Å². The second-order valence-electron chi connectivity index (χ2n) is 4.44. The molecule has 0 saturated carbocycles. The summed E-state index contributed by atoms with van der Waals surface area (Å²) < 4.78 is 5.66. The van der Waals surface area contributed by atoms with E-state index >= 15 is 0 Å². The number of likely N-dealkylation sites (N-methyl/N-ethyl adjacent to an activating group) is 1. The Bertz CT molecular complexity index is 344. The van der Waals surface area contributed by atoms with Gasteiger partial charge in [-0.2, -0.15) is 5.10 Å². The van der Waals surface area contributed by atoms with Crippen molar-refractivity contribution in [2.75, 3.05) is 20.2 Å². The Kier molecular flexibility index (Phi) is 4.57. The minimum absolute atomic E-state index is 0.388. The Labute approximate surface area is 107 Å². The molecular formula is C12H18ClN3O. The maximum Gasteiger partial charge on any atom is 0.233 e. The van der Waals surface area contributed by atoms with Gasteiger partial charge in [-0.3, -0.25) is 0 Å². The molecule has 0 bridgehead atoms. The smallest absolute Gasteiger partial charge is 0.233 e. The van der Waals surface area contributed by atoms with Crippen molar-refractivity contribution in [1.29, 1.82) is 0 Å². The average Bonchev–Trinajstić information content (AvgIpc) is 2.38. The lowest BCUT2D eigenvalue weighted by Crippen LogP contribution is -2.40. The highest BCUT2D eigenvalue weighted by molar-refractivity contribution is 6.16. The van der Waals surface area contributed by atoms with Crippen molar-refractivity contribution in [1.82, 2.24) is 15.1 Å². The number of nitrogens with zero attached hydrogens (tertiary/aromatic N) is 3. The fraction of sp³-hybridized carbons (Fsp3) is 0.667. The number of halogens is 1. The van der Waals surface area contributed by atoms with Gasteiger partial charge in [0.15, 0.2) is 0 Å². The SMILES string of the molecule is CN1CCCCC1COc1ccc(CCl)nn1. The number of hydrogen-bond acceptors (Lipinski definition) is 4. The van der Waals surface area contributed by atoms with Crippen molar-refractivity contribution in [2.24, 2.45) is 0 Å². The molecule has 1 aromatic rings. The number of hydrogen-bond donors (Lipinski definition) is 0. The summed E-state index contributed by atoms with van der Waals surface area (Å²) in [4.78, 5) is 2.35. The molecule has 1 atom stereocenters. The molecule has 0 N–H and O–H groups in total. The summed E-state index contributed by atoms with van der Waals surface area (Å²) >= 11 is 5.65. The number of alkyl halides is 1. The molecule has 94 valence electrons. The van der Waals surface area contributed by atoms with Gasteiger partial charge < -0.3 is 9.64 Å². The zero-order valence-corrected chi connectivity index (χ0v) is 10.9. The molecule has 1 saturated heterocycles. The predicted molar refractivity (Wildman–Crippen MR) is 67.4 cm³/mol. The van der Waals surface area contributed by atoms with Gasteiger partial charge >= 0.3 is 0 Å². The second-order valence-corrected chi connectivity index (χ2v) is 4.71. The van der Waals surface area contributed by atoms with E-state index in [9.17, 15) is 0 Å². The van der Waals surface area contributed by atoms with Crippen molar-refractivity contribution < 1.29 is 4.74 Å². The van der Waals surface area contributed by atoms with Gasteiger partial charge in [0.1, 0.15) is 6.61 Å². The van der Waals surface area contributed by atoms with E-state index in [1.54, 1.807) is 0 Å². The van der Waals surface area contributed by atoms with Crippen LogP contribution in [0.5, 0.6) is 5.88 Å². The summed E-state index contributed by atoms with van der Waals surface area (Å²) in [7, 11) is 2.15. The number of aromatic nitrogens is 2. The Morgan fingerprint density at radius 1 is 1.41 bits per heavy atom. The molecule has 0 aromatic carbocycles. The van der Waals surface area contributed by atoms with Gasteiger partial charge in [0.2, 0.25) is 5.88 Å². The van der Waals surface area contributed by atoms with E-state index in [-0.39, 0.29) is 0 Å². The third-order valence-electron chi connectivity index (χ3n) is 3.18. The molecule has 1 unspecified atom stereocenters. The molecule has 2 rings (SSSR count). The normalized spacial score (nSPS) is 21.4. The van der Waals surface area contributed by atoms with Crippen molar-refractivity contribution in [2.45, 2.75) is 31.2 Å². The van der Waals surface area contributed by atoms with Gasteiger partial charge in [-0.25, -0.2) is 0 Å². The van der Waals surface area contributed by atoms with Crippen LogP contribution in [0.3, 0.4) is 0 Å². The van der Waals surface area contributed by atoms with Gasteiger partial charge in [-0.1, -0.05) is 6.42 Å². The summed E-state index contributed by atoms with van der Waals surface area (Å²) in [6.07, 6.45) is 3.77. The van der Waals surface area contributed by atoms with Crippen LogP contribution in [0.1, 0.15) is 25.0 Å². The number of rotatable bonds is 4. The quantitative estimate of drug-likeness (QED) is 0.772. The van der Waals surface area contributed by atoms with Gasteiger partial charge in [0.05, 0.1) is 11.6 Å². The molecule has 0 aliphatic carbocycles. The van der Waals surface area contributed by atoms with Crippen molar-refractivity contribution in [3.63, 3.8) is 0 Å². The largest absolute Gasteiger partial charge is 0.475 e. The number of piperidine rings is 1. The molecule has 5 heteroatoms. The van der Waals surface area contributed by atoms with Gasteiger partial charge in [0.25, 0.3) is 0 Å². The zero-order chi connectivity index (χ0) is 12.1. The highest BCUT2D eigenvalue weighted by Crippen LogP contribution is 2.16. The first-order valence-electron chi connectivity index (χ1n) is 6.01. The molecule has 0 amide bonds. The van der Waals surface area contributed by atoms with E-state index in [4.69, 9.17) is 16.3 Å². The number of likely N-dealkylation sites (tertiary alicyclic amines) is 1. The fourth-order valence-electron chi connectivity index (χ4n) is 2.03. The summed E-state index contributed by atoms with van der Waals surface area (Å²) in [5.41, 5.74) is 0.772. The van der Waals surface area contributed by atoms with E-state index < -0.39 is 0 Å². The van der Waals surface area contributed by atoms with Crippen LogP contribution in [0.2, 0.25) is 0 Å². The second kappa shape index (κ2) is 6.17. The lowest BCUT2D eigenvalue weighted by molar-refractivity contribution is 0.122. The average molecular weight is 256 g/mol. The van der Waals surface area contributed by atoms with Crippen LogP contribution < -0.4 is 4.74 Å². The summed E-state index contributed by atoms with van der Waals surface area (Å²) in [5, 5.41) is 7.94. The lowest BCUT2D eigenvalue weighted by Gasteiger charge is -2.31. The van der Waals surface area contributed by atoms with E-state index in [0.29, 0.717) is 24.4 Å². The Balaban J connectivity index is 1.84. The zero-order valence-electron chi connectivity index (χ0n) is 10.1. The molecule has 4 nitrogen and oxygen atoms in total. The van der Waals surface area contributed by atoms with Gasteiger partial charge in [0, 0.05) is 12.1 Å². The molecule has 2 heterocycles. The van der Waals surface area contributed by atoms with Crippen molar-refractivity contribution in [3.8, 4) is 5.88 Å². The standard InChI is InChI=1S/C12H18ClN3O/c1-16-7-3-2-4-11(16)9-17-12-6-5-10(8-13)14-15-12/h5-6,11H,2-4,7-9H2,1H3. The minimum atomic E-state index is 0.388. The first-order chi connectivity index (χ1) is 8.29. The predicted octanol–water partition coefficient (Wildman–Crippen LogP) is 2.08. The third-order valence-corrected chi connectivity index (χ3v) is 3.45. The molecular weight excluding hydrogens is 238 g/mol. The van der Waals surface area contributed by atoms with Crippen molar-refractivity contribution >= 4 is 11.6 Å². The lowest BCUT2D eigenvalue weighted by atomic mass is 10.0. The number of ether oxygens (including phenoxy) is 1. The van der Waals surface area contributed by atoms with E-state index in [0.717, 1.165) is 12.2 Å². The molecule has 1 fully saturated rings. The highest BCUT2D eigenvalue weighted by Gasteiger charge is 2.19. The van der Waals surface area contributed by atoms with Crippen LogP contribution in [-0.4, -0.2) is 41.3 Å². The Morgan fingerprint density at radius 2 is 2.29 bits per heavy atom. The first-order valence-corrected chi connectivity index (χ1v) is 6.54. The summed E-state index contributed by atoms with van der Waals surface area (Å²) in [6, 6.07) is 4.17. The maximum atomic E-state index is 5.66. The van der Waals surface area contributed by atoms with E-state index in [1.165, 1.54) is 19.3 Å². The molecule has 0 spiro atoms. The van der Waals surface area contributed by atoms with Crippen LogP contribution in [0.15, 0.2) is 12.1 Å². The third kappa shape index (κ3) is 3.54. The minimum Gasteiger partial charge on any atom is -0.475 e. The van der Waals surface area contributed by atoms with Crippen LogP contribution in [0.25, 0.3) is 0 Å². The topological polar surface area (TPSA) is 38.2 Å². The first kappa shape index (κ1) is 12.6. The van der Waals surface area contributed by atoms with Crippen LogP contribution in [0.4, 0.5) is 0 Å². The van der Waals surface area contributed by atoms with Gasteiger partial charge in [-0.05, 0) is 32.5 Å². The monoisotopic (exact) mass is 255 g/mol. The van der Waals surface area contributed by atoms with Crippen LogP contribution in [-0.2, 0) is 5.88 Å².